The zero-order chi connectivity index (χ0) is 18.2. The van der Waals surface area contributed by atoms with E-state index in [2.05, 4.69) is 0 Å². The lowest BCUT2D eigenvalue weighted by Gasteiger charge is -2.17. The van der Waals surface area contributed by atoms with Gasteiger partial charge in [0.2, 0.25) is 0 Å². The summed E-state index contributed by atoms with van der Waals surface area (Å²) in [6.45, 7) is 1.40. The Kier molecular flexibility index (Phi) is 4.57. The van der Waals surface area contributed by atoms with Gasteiger partial charge in [-0.15, -0.1) is 0 Å². The highest BCUT2D eigenvalue weighted by Crippen LogP contribution is 2.35. The Morgan fingerprint density at radius 1 is 1.24 bits per heavy atom. The van der Waals surface area contributed by atoms with Crippen LogP contribution in [0.25, 0.3) is 10.8 Å². The van der Waals surface area contributed by atoms with Crippen LogP contribution in [-0.4, -0.2) is 37.2 Å². The summed E-state index contributed by atoms with van der Waals surface area (Å²) in [5, 5.41) is 21.1. The minimum atomic E-state index is -3.97. The fourth-order valence-electron chi connectivity index (χ4n) is 2.94. The lowest BCUT2D eigenvalue weighted by Crippen LogP contribution is -2.29. The van der Waals surface area contributed by atoms with E-state index in [1.165, 1.54) is 6.07 Å². The lowest BCUT2D eigenvalue weighted by molar-refractivity contribution is -0.117. The minimum absolute atomic E-state index is 0.0759. The number of aliphatic hydroxyl groups excluding tert-OH is 1. The highest BCUT2D eigenvalue weighted by Gasteiger charge is 2.35. The van der Waals surface area contributed by atoms with Gasteiger partial charge in [-0.1, -0.05) is 18.2 Å². The molecule has 7 nitrogen and oxygen atoms in total. The van der Waals surface area contributed by atoms with Gasteiger partial charge in [0.15, 0.2) is 0 Å². The van der Waals surface area contributed by atoms with Crippen LogP contribution in [0, 0.1) is 0 Å². The smallest absolute Gasteiger partial charge is 0.326 e. The molecule has 2 aromatic carbocycles. The molecule has 1 amide bonds. The number of fused-ring (bicyclic) bond motifs is 1. The Morgan fingerprint density at radius 2 is 2.00 bits per heavy atom. The van der Waals surface area contributed by atoms with E-state index in [0.29, 0.717) is 6.42 Å². The van der Waals surface area contributed by atoms with Crippen LogP contribution in [0.5, 0.6) is 5.75 Å². The standard InChI is InChI=1S/C17H20N2O5S/c1-11(20)3-2-4-12-5-6-13-9-16(21)15(8-14(13)7-12)19-10-17(22)18-25(19,23)24/h5-9,11,20-21H,2-4,10H2,1H3,(H,18,22). The molecule has 1 unspecified atom stereocenters. The molecule has 0 saturated carbocycles. The average molecular weight is 364 g/mol. The maximum absolute atomic E-state index is 12.0. The Hall–Kier alpha value is -2.32. The molecular formula is C17H20N2O5S. The van der Waals surface area contributed by atoms with Gasteiger partial charge in [0.1, 0.15) is 12.3 Å². The summed E-state index contributed by atoms with van der Waals surface area (Å²) in [5.41, 5.74) is 1.13. The summed E-state index contributed by atoms with van der Waals surface area (Å²) < 4.78 is 26.7. The van der Waals surface area contributed by atoms with Crippen molar-refractivity contribution in [1.29, 1.82) is 0 Å². The van der Waals surface area contributed by atoms with Gasteiger partial charge in [-0.3, -0.25) is 4.79 Å². The van der Waals surface area contributed by atoms with Gasteiger partial charge < -0.3 is 10.2 Å². The third-order valence-electron chi connectivity index (χ3n) is 4.17. The number of phenols is 1. The van der Waals surface area contributed by atoms with E-state index in [1.807, 2.05) is 22.9 Å². The molecule has 2 aromatic rings. The van der Waals surface area contributed by atoms with Crippen LogP contribution in [-0.2, 0) is 21.4 Å². The molecule has 25 heavy (non-hydrogen) atoms. The van der Waals surface area contributed by atoms with Gasteiger partial charge in [-0.05, 0) is 54.7 Å². The molecule has 0 radical (unpaired) electrons. The topological polar surface area (TPSA) is 107 Å². The van der Waals surface area contributed by atoms with E-state index in [1.54, 1.807) is 13.0 Å². The van der Waals surface area contributed by atoms with Crippen molar-refractivity contribution in [2.24, 2.45) is 0 Å². The fourth-order valence-corrected chi connectivity index (χ4v) is 4.10. The molecule has 0 aliphatic carbocycles. The monoisotopic (exact) mass is 364 g/mol. The SMILES string of the molecule is CC(O)CCCc1ccc2cc(O)c(N3CC(=O)NS3(=O)=O)cc2c1. The zero-order valence-corrected chi connectivity index (χ0v) is 14.6. The maximum Gasteiger partial charge on any atom is 0.326 e. The molecule has 0 aromatic heterocycles. The number of aromatic hydroxyl groups is 1. The summed E-state index contributed by atoms with van der Waals surface area (Å²) in [7, 11) is -3.97. The van der Waals surface area contributed by atoms with Crippen molar-refractivity contribution >= 4 is 32.6 Å². The molecule has 3 N–H and O–H groups in total. The van der Waals surface area contributed by atoms with Gasteiger partial charge in [0, 0.05) is 0 Å². The first-order chi connectivity index (χ1) is 11.8. The summed E-state index contributed by atoms with van der Waals surface area (Å²) in [6, 6.07) is 8.79. The van der Waals surface area contributed by atoms with Crippen molar-refractivity contribution in [2.45, 2.75) is 32.3 Å². The van der Waals surface area contributed by atoms with E-state index in [4.69, 9.17) is 0 Å². The quantitative estimate of drug-likeness (QED) is 0.744. The van der Waals surface area contributed by atoms with Crippen LogP contribution in [0.15, 0.2) is 30.3 Å². The van der Waals surface area contributed by atoms with Crippen molar-refractivity contribution in [3.05, 3.63) is 35.9 Å². The van der Waals surface area contributed by atoms with Crippen LogP contribution in [0.4, 0.5) is 5.69 Å². The van der Waals surface area contributed by atoms with Gasteiger partial charge in [-0.2, -0.15) is 8.42 Å². The Labute approximate surface area is 146 Å². The number of nitrogens with zero attached hydrogens (tertiary/aromatic N) is 1. The second-order valence-electron chi connectivity index (χ2n) is 6.30. The zero-order valence-electron chi connectivity index (χ0n) is 13.8. The fraction of sp³-hybridized carbons (Fsp3) is 0.353. The van der Waals surface area contributed by atoms with E-state index < -0.39 is 16.1 Å². The van der Waals surface area contributed by atoms with E-state index in [0.717, 1.165) is 33.5 Å². The number of carbonyl (C=O) groups excluding carboxylic acids is 1. The predicted octanol–water partition coefficient (Wildman–Crippen LogP) is 1.43. The average Bonchev–Trinajstić information content (AvgIpc) is 2.79. The predicted molar refractivity (Wildman–Crippen MR) is 94.6 cm³/mol. The first kappa shape index (κ1) is 17.5. The number of hydrogen-bond acceptors (Lipinski definition) is 5. The molecule has 134 valence electrons. The first-order valence-corrected chi connectivity index (χ1v) is 9.47. The van der Waals surface area contributed by atoms with Gasteiger partial charge in [0.25, 0.3) is 5.91 Å². The summed E-state index contributed by atoms with van der Waals surface area (Å²) in [5.74, 6) is -0.833. The third-order valence-corrected chi connectivity index (χ3v) is 5.57. The molecule has 1 heterocycles. The molecule has 3 rings (SSSR count). The lowest BCUT2D eigenvalue weighted by atomic mass is 10.0. The first-order valence-electron chi connectivity index (χ1n) is 8.03. The summed E-state index contributed by atoms with van der Waals surface area (Å²) in [4.78, 5) is 11.4. The van der Waals surface area contributed by atoms with Crippen molar-refractivity contribution < 1.29 is 23.4 Å². The number of aryl methyl sites for hydroxylation is 1. The molecule has 1 aliphatic rings. The number of phenolic OH excluding ortho intramolecular Hbond substituents is 1. The van der Waals surface area contributed by atoms with E-state index in [9.17, 15) is 23.4 Å². The van der Waals surface area contributed by atoms with Gasteiger partial charge >= 0.3 is 10.2 Å². The number of hydrogen-bond donors (Lipinski definition) is 3. The third kappa shape index (κ3) is 3.69. The van der Waals surface area contributed by atoms with E-state index in [-0.39, 0.29) is 24.1 Å². The summed E-state index contributed by atoms with van der Waals surface area (Å²) >= 11 is 0. The molecule has 0 spiro atoms. The molecule has 0 bridgehead atoms. The summed E-state index contributed by atoms with van der Waals surface area (Å²) in [6.07, 6.45) is 2.00. The number of amides is 1. The second kappa shape index (κ2) is 6.53. The molecule has 8 heteroatoms. The Bertz CT molecular complexity index is 924. The van der Waals surface area contributed by atoms with Gasteiger partial charge in [0.05, 0.1) is 11.8 Å². The van der Waals surface area contributed by atoms with E-state index >= 15 is 0 Å². The van der Waals surface area contributed by atoms with Crippen molar-refractivity contribution in [1.82, 2.24) is 4.72 Å². The molecule has 1 saturated heterocycles. The number of anilines is 1. The van der Waals surface area contributed by atoms with Gasteiger partial charge in [-0.25, -0.2) is 9.03 Å². The number of nitrogens with one attached hydrogen (secondary N) is 1. The molecule has 1 atom stereocenters. The molecule has 1 aliphatic heterocycles. The van der Waals surface area contributed by atoms with Crippen LogP contribution < -0.4 is 9.03 Å². The Morgan fingerprint density at radius 3 is 2.64 bits per heavy atom. The second-order valence-corrected chi connectivity index (χ2v) is 7.90. The number of rotatable bonds is 5. The maximum atomic E-state index is 12.0. The van der Waals surface area contributed by atoms with Crippen LogP contribution in [0.1, 0.15) is 25.3 Å². The number of carbonyl (C=O) groups is 1. The van der Waals surface area contributed by atoms with Crippen LogP contribution in [0.2, 0.25) is 0 Å². The molecular weight excluding hydrogens is 344 g/mol. The minimum Gasteiger partial charge on any atom is -0.506 e. The molecule has 1 fully saturated rings. The largest absolute Gasteiger partial charge is 0.506 e. The number of aliphatic hydroxyl groups is 1. The van der Waals surface area contributed by atoms with Crippen molar-refractivity contribution in [3.8, 4) is 5.75 Å². The highest BCUT2D eigenvalue weighted by atomic mass is 32.2. The van der Waals surface area contributed by atoms with Crippen molar-refractivity contribution in [3.63, 3.8) is 0 Å². The highest BCUT2D eigenvalue weighted by molar-refractivity contribution is 7.92. The number of benzene rings is 2. The normalized spacial score (nSPS) is 17.7. The van der Waals surface area contributed by atoms with Crippen LogP contribution in [0.3, 0.4) is 0 Å². The Balaban J connectivity index is 1.95. The van der Waals surface area contributed by atoms with Crippen molar-refractivity contribution in [2.75, 3.05) is 10.8 Å². The van der Waals surface area contributed by atoms with Crippen LogP contribution >= 0.6 is 0 Å².